The van der Waals surface area contributed by atoms with Gasteiger partial charge in [0.25, 0.3) is 0 Å². The Balaban J connectivity index is 1.92. The standard InChI is InChI=1S/C15H19N5O3/c1-5-23-14(21)11-6-10(11)12-7-13(18-15(17-12)22-4)20-9(3)16-8(2)19-20/h7,10-11H,5-6H2,1-4H3/t10-,11-/m0/s1. The van der Waals surface area contributed by atoms with Gasteiger partial charge in [0.2, 0.25) is 0 Å². The lowest BCUT2D eigenvalue weighted by Gasteiger charge is -2.08. The molecule has 1 aliphatic carbocycles. The fourth-order valence-corrected chi connectivity index (χ4v) is 2.59. The number of hydrogen-bond donors (Lipinski definition) is 0. The Morgan fingerprint density at radius 3 is 2.74 bits per heavy atom. The molecule has 0 unspecified atom stereocenters. The van der Waals surface area contributed by atoms with Gasteiger partial charge in [-0.15, -0.1) is 5.10 Å². The van der Waals surface area contributed by atoms with Crippen LogP contribution in [0.5, 0.6) is 6.01 Å². The fourth-order valence-electron chi connectivity index (χ4n) is 2.59. The number of methoxy groups -OCH3 is 1. The van der Waals surface area contributed by atoms with Gasteiger partial charge in [0, 0.05) is 12.0 Å². The topological polar surface area (TPSA) is 92.0 Å². The first-order chi connectivity index (χ1) is 11.0. The highest BCUT2D eigenvalue weighted by Gasteiger charge is 2.46. The van der Waals surface area contributed by atoms with Gasteiger partial charge in [0.05, 0.1) is 25.3 Å². The van der Waals surface area contributed by atoms with E-state index in [1.165, 1.54) is 7.11 Å². The Hall–Kier alpha value is -2.51. The molecule has 23 heavy (non-hydrogen) atoms. The summed E-state index contributed by atoms with van der Waals surface area (Å²) in [6.07, 6.45) is 0.730. The van der Waals surface area contributed by atoms with Gasteiger partial charge < -0.3 is 9.47 Å². The molecular weight excluding hydrogens is 298 g/mol. The molecule has 0 aromatic carbocycles. The lowest BCUT2D eigenvalue weighted by Crippen LogP contribution is -2.09. The summed E-state index contributed by atoms with van der Waals surface area (Å²) in [5, 5.41) is 4.33. The second-order valence-corrected chi connectivity index (χ2v) is 5.46. The van der Waals surface area contributed by atoms with Crippen LogP contribution in [0.25, 0.3) is 5.82 Å². The predicted molar refractivity (Wildman–Crippen MR) is 80.5 cm³/mol. The molecule has 2 heterocycles. The Labute approximate surface area is 133 Å². The first-order valence-corrected chi connectivity index (χ1v) is 7.53. The highest BCUT2D eigenvalue weighted by molar-refractivity contribution is 5.77. The normalized spacial score (nSPS) is 19.5. The highest BCUT2D eigenvalue weighted by Crippen LogP contribution is 2.48. The van der Waals surface area contributed by atoms with Gasteiger partial charge in [-0.1, -0.05) is 0 Å². The van der Waals surface area contributed by atoms with E-state index in [-0.39, 0.29) is 23.8 Å². The van der Waals surface area contributed by atoms with Crippen molar-refractivity contribution in [1.29, 1.82) is 0 Å². The largest absolute Gasteiger partial charge is 0.467 e. The first kappa shape index (κ1) is 15.4. The van der Waals surface area contributed by atoms with Crippen LogP contribution in [0.3, 0.4) is 0 Å². The molecule has 3 rings (SSSR count). The molecule has 8 nitrogen and oxygen atoms in total. The van der Waals surface area contributed by atoms with Crippen molar-refractivity contribution in [3.8, 4) is 11.8 Å². The van der Waals surface area contributed by atoms with Gasteiger partial charge in [0.15, 0.2) is 5.82 Å². The van der Waals surface area contributed by atoms with Gasteiger partial charge in [-0.25, -0.2) is 4.98 Å². The van der Waals surface area contributed by atoms with Crippen molar-refractivity contribution < 1.29 is 14.3 Å². The molecule has 0 spiro atoms. The number of aromatic nitrogens is 5. The summed E-state index contributed by atoms with van der Waals surface area (Å²) in [6, 6.07) is 2.08. The molecule has 0 bridgehead atoms. The zero-order chi connectivity index (χ0) is 16.6. The molecule has 122 valence electrons. The van der Waals surface area contributed by atoms with Crippen LogP contribution in [-0.4, -0.2) is 44.4 Å². The number of hydrogen-bond acceptors (Lipinski definition) is 7. The molecule has 1 aliphatic rings. The van der Waals surface area contributed by atoms with Crippen LogP contribution >= 0.6 is 0 Å². The second-order valence-electron chi connectivity index (χ2n) is 5.46. The van der Waals surface area contributed by atoms with Crippen molar-refractivity contribution in [2.75, 3.05) is 13.7 Å². The van der Waals surface area contributed by atoms with Crippen LogP contribution in [0.1, 0.15) is 36.6 Å². The van der Waals surface area contributed by atoms with E-state index in [1.807, 2.05) is 19.9 Å². The summed E-state index contributed by atoms with van der Waals surface area (Å²) in [5.74, 6) is 1.70. The fraction of sp³-hybridized carbons (Fsp3) is 0.533. The summed E-state index contributed by atoms with van der Waals surface area (Å²) in [6.45, 7) is 5.86. The molecule has 8 heteroatoms. The van der Waals surface area contributed by atoms with Crippen LogP contribution in [-0.2, 0) is 9.53 Å². The van der Waals surface area contributed by atoms with Crippen molar-refractivity contribution >= 4 is 5.97 Å². The third kappa shape index (κ3) is 3.01. The van der Waals surface area contributed by atoms with Gasteiger partial charge in [-0.05, 0) is 27.2 Å². The summed E-state index contributed by atoms with van der Waals surface area (Å²) < 4.78 is 11.9. The van der Waals surface area contributed by atoms with Crippen molar-refractivity contribution in [3.05, 3.63) is 23.4 Å². The monoisotopic (exact) mass is 317 g/mol. The Morgan fingerprint density at radius 1 is 1.35 bits per heavy atom. The summed E-state index contributed by atoms with van der Waals surface area (Å²) >= 11 is 0. The van der Waals surface area contributed by atoms with Crippen molar-refractivity contribution in [1.82, 2.24) is 24.7 Å². The van der Waals surface area contributed by atoms with Gasteiger partial charge >= 0.3 is 12.0 Å². The van der Waals surface area contributed by atoms with E-state index >= 15 is 0 Å². The first-order valence-electron chi connectivity index (χ1n) is 7.53. The average Bonchev–Trinajstić information content (AvgIpc) is 3.26. The minimum absolute atomic E-state index is 0.0367. The number of nitrogens with zero attached hydrogens (tertiary/aromatic N) is 5. The number of esters is 1. The number of carbonyl (C=O) groups excluding carboxylic acids is 1. The average molecular weight is 317 g/mol. The van der Waals surface area contributed by atoms with Crippen LogP contribution in [0.4, 0.5) is 0 Å². The van der Waals surface area contributed by atoms with Gasteiger partial charge in [-0.2, -0.15) is 14.6 Å². The summed E-state index contributed by atoms with van der Waals surface area (Å²) in [4.78, 5) is 24.8. The molecule has 2 aromatic heterocycles. The third-order valence-corrected chi connectivity index (χ3v) is 3.75. The minimum Gasteiger partial charge on any atom is -0.467 e. The SMILES string of the molecule is CCOC(=O)[C@H]1C[C@@H]1c1cc(-n2nc(C)nc2C)nc(OC)n1. The van der Waals surface area contributed by atoms with Gasteiger partial charge in [0.1, 0.15) is 11.6 Å². The van der Waals surface area contributed by atoms with E-state index in [0.717, 1.165) is 17.9 Å². The number of aryl methyl sites for hydroxylation is 2. The second kappa shape index (κ2) is 5.94. The summed E-state index contributed by atoms with van der Waals surface area (Å²) in [5.41, 5.74) is 0.762. The molecule has 2 atom stereocenters. The molecule has 0 radical (unpaired) electrons. The number of rotatable bonds is 5. The maximum Gasteiger partial charge on any atom is 0.318 e. The maximum absolute atomic E-state index is 11.8. The molecule has 0 N–H and O–H groups in total. The van der Waals surface area contributed by atoms with Crippen LogP contribution < -0.4 is 4.74 Å². The van der Waals surface area contributed by atoms with Crippen molar-refractivity contribution in [3.63, 3.8) is 0 Å². The molecule has 2 aromatic rings. The number of carbonyl (C=O) groups is 1. The highest BCUT2D eigenvalue weighted by atomic mass is 16.5. The lowest BCUT2D eigenvalue weighted by molar-refractivity contribution is -0.144. The van der Waals surface area contributed by atoms with E-state index < -0.39 is 0 Å². The Kier molecular flexibility index (Phi) is 3.97. The van der Waals surface area contributed by atoms with Crippen LogP contribution in [0.15, 0.2) is 6.07 Å². The van der Waals surface area contributed by atoms with Crippen LogP contribution in [0.2, 0.25) is 0 Å². The predicted octanol–water partition coefficient (Wildman–Crippen LogP) is 1.35. The molecule has 0 saturated heterocycles. The van der Waals surface area contributed by atoms with E-state index in [9.17, 15) is 4.79 Å². The van der Waals surface area contributed by atoms with Crippen LogP contribution in [0, 0.1) is 19.8 Å². The quantitative estimate of drug-likeness (QED) is 0.768. The van der Waals surface area contributed by atoms with E-state index in [4.69, 9.17) is 9.47 Å². The van der Waals surface area contributed by atoms with E-state index in [0.29, 0.717) is 18.2 Å². The molecular formula is C15H19N5O3. The number of ether oxygens (including phenoxy) is 2. The maximum atomic E-state index is 11.8. The minimum atomic E-state index is -0.176. The Morgan fingerprint density at radius 2 is 2.13 bits per heavy atom. The van der Waals surface area contributed by atoms with E-state index in [2.05, 4.69) is 20.1 Å². The molecule has 1 fully saturated rings. The smallest absolute Gasteiger partial charge is 0.318 e. The zero-order valence-corrected chi connectivity index (χ0v) is 13.6. The van der Waals surface area contributed by atoms with Crippen molar-refractivity contribution in [2.24, 2.45) is 5.92 Å². The summed E-state index contributed by atoms with van der Waals surface area (Å²) in [7, 11) is 1.51. The third-order valence-electron chi connectivity index (χ3n) is 3.75. The van der Waals surface area contributed by atoms with Gasteiger partial charge in [-0.3, -0.25) is 4.79 Å². The Bertz CT molecular complexity index is 743. The zero-order valence-electron chi connectivity index (χ0n) is 13.6. The molecule has 0 amide bonds. The lowest BCUT2D eigenvalue weighted by atomic mass is 10.2. The molecule has 0 aliphatic heterocycles. The van der Waals surface area contributed by atoms with Crippen molar-refractivity contribution in [2.45, 2.75) is 33.1 Å². The van der Waals surface area contributed by atoms with E-state index in [1.54, 1.807) is 11.6 Å². The molecule has 1 saturated carbocycles.